The van der Waals surface area contributed by atoms with Crippen molar-refractivity contribution in [3.63, 3.8) is 0 Å². The summed E-state index contributed by atoms with van der Waals surface area (Å²) in [5.41, 5.74) is 2.93. The molecule has 0 saturated heterocycles. The third kappa shape index (κ3) is 2.24. The van der Waals surface area contributed by atoms with Gasteiger partial charge in [-0.25, -0.2) is 4.68 Å². The Balaban J connectivity index is 2.60. The van der Waals surface area contributed by atoms with Crippen LogP contribution in [0.15, 0.2) is 36.5 Å². The third-order valence-electron chi connectivity index (χ3n) is 2.73. The molecule has 2 rings (SSSR count). The maximum Gasteiger partial charge on any atom is 0.0715 e. The molecule has 3 heteroatoms. The Kier molecular flexibility index (Phi) is 3.03. The maximum absolute atomic E-state index is 9.39. The minimum absolute atomic E-state index is 0.0272. The molecule has 0 aliphatic heterocycles. The van der Waals surface area contributed by atoms with Gasteiger partial charge in [0.25, 0.3) is 0 Å². The van der Waals surface area contributed by atoms with Crippen molar-refractivity contribution in [1.82, 2.24) is 9.78 Å². The van der Waals surface area contributed by atoms with Gasteiger partial charge in [-0.05, 0) is 12.1 Å². The minimum atomic E-state index is -0.0512. The SMILES string of the molecule is CC(C)(C)c1c(CO)cnn1-c1ccccc1. The highest BCUT2D eigenvalue weighted by atomic mass is 16.3. The number of hydrogen-bond acceptors (Lipinski definition) is 2. The van der Waals surface area contributed by atoms with Crippen LogP contribution in [0.4, 0.5) is 0 Å². The van der Waals surface area contributed by atoms with E-state index in [4.69, 9.17) is 0 Å². The molecule has 0 amide bonds. The Morgan fingerprint density at radius 1 is 1.18 bits per heavy atom. The second kappa shape index (κ2) is 4.34. The predicted molar refractivity (Wildman–Crippen MR) is 68.2 cm³/mol. The van der Waals surface area contributed by atoms with E-state index in [9.17, 15) is 5.11 Å². The van der Waals surface area contributed by atoms with E-state index in [-0.39, 0.29) is 12.0 Å². The molecule has 90 valence electrons. The summed E-state index contributed by atoms with van der Waals surface area (Å²) in [4.78, 5) is 0. The molecule has 1 aromatic heterocycles. The van der Waals surface area contributed by atoms with E-state index >= 15 is 0 Å². The highest BCUT2D eigenvalue weighted by Gasteiger charge is 2.23. The summed E-state index contributed by atoms with van der Waals surface area (Å²) in [6, 6.07) is 9.99. The molecule has 0 spiro atoms. The zero-order chi connectivity index (χ0) is 12.5. The quantitative estimate of drug-likeness (QED) is 0.861. The van der Waals surface area contributed by atoms with Gasteiger partial charge >= 0.3 is 0 Å². The fourth-order valence-corrected chi connectivity index (χ4v) is 2.06. The smallest absolute Gasteiger partial charge is 0.0715 e. The van der Waals surface area contributed by atoms with Crippen molar-refractivity contribution in [2.45, 2.75) is 32.8 Å². The molecule has 0 unspecified atom stereocenters. The number of aromatic nitrogens is 2. The van der Waals surface area contributed by atoms with E-state index < -0.39 is 0 Å². The molecule has 0 bridgehead atoms. The van der Waals surface area contributed by atoms with Crippen LogP contribution in [0.5, 0.6) is 0 Å². The average molecular weight is 230 g/mol. The van der Waals surface area contributed by atoms with Crippen molar-refractivity contribution in [2.75, 3.05) is 0 Å². The van der Waals surface area contributed by atoms with Crippen molar-refractivity contribution in [1.29, 1.82) is 0 Å². The first kappa shape index (κ1) is 11.9. The molecule has 0 aliphatic rings. The van der Waals surface area contributed by atoms with E-state index in [1.807, 2.05) is 35.0 Å². The van der Waals surface area contributed by atoms with Gasteiger partial charge in [-0.3, -0.25) is 0 Å². The monoisotopic (exact) mass is 230 g/mol. The lowest BCUT2D eigenvalue weighted by atomic mass is 9.89. The first-order chi connectivity index (χ1) is 8.04. The molecule has 2 aromatic rings. The number of aliphatic hydroxyl groups is 1. The molecular weight excluding hydrogens is 212 g/mol. The highest BCUT2D eigenvalue weighted by Crippen LogP contribution is 2.28. The maximum atomic E-state index is 9.39. The fourth-order valence-electron chi connectivity index (χ4n) is 2.06. The van der Waals surface area contributed by atoms with Gasteiger partial charge in [0.15, 0.2) is 0 Å². The largest absolute Gasteiger partial charge is 0.392 e. The molecule has 17 heavy (non-hydrogen) atoms. The summed E-state index contributed by atoms with van der Waals surface area (Å²) < 4.78 is 1.91. The molecular formula is C14H18N2O. The highest BCUT2D eigenvalue weighted by molar-refractivity contribution is 5.37. The minimum Gasteiger partial charge on any atom is -0.392 e. The molecule has 0 radical (unpaired) electrons. The normalized spacial score (nSPS) is 11.8. The standard InChI is InChI=1S/C14H18N2O/c1-14(2,3)13-11(10-17)9-15-16(13)12-7-5-4-6-8-12/h4-9,17H,10H2,1-3H3. The Morgan fingerprint density at radius 2 is 1.82 bits per heavy atom. The molecule has 0 saturated carbocycles. The van der Waals surface area contributed by atoms with Crippen LogP contribution < -0.4 is 0 Å². The Hall–Kier alpha value is -1.61. The van der Waals surface area contributed by atoms with Gasteiger partial charge in [0.1, 0.15) is 0 Å². The van der Waals surface area contributed by atoms with Crippen molar-refractivity contribution < 1.29 is 5.11 Å². The summed E-state index contributed by atoms with van der Waals surface area (Å²) in [5, 5.41) is 13.8. The zero-order valence-electron chi connectivity index (χ0n) is 10.5. The average Bonchev–Trinajstić information content (AvgIpc) is 2.73. The fraction of sp³-hybridized carbons (Fsp3) is 0.357. The van der Waals surface area contributed by atoms with Crippen LogP contribution >= 0.6 is 0 Å². The third-order valence-corrected chi connectivity index (χ3v) is 2.73. The van der Waals surface area contributed by atoms with E-state index in [1.165, 1.54) is 0 Å². The van der Waals surface area contributed by atoms with Gasteiger partial charge in [-0.15, -0.1) is 0 Å². The van der Waals surface area contributed by atoms with Gasteiger partial charge in [0, 0.05) is 11.0 Å². The van der Waals surface area contributed by atoms with Crippen LogP contribution in [0.2, 0.25) is 0 Å². The number of nitrogens with zero attached hydrogens (tertiary/aromatic N) is 2. The van der Waals surface area contributed by atoms with Gasteiger partial charge in [-0.1, -0.05) is 39.0 Å². The van der Waals surface area contributed by atoms with Gasteiger partial charge in [0.2, 0.25) is 0 Å². The molecule has 0 fully saturated rings. The number of aliphatic hydroxyl groups excluding tert-OH is 1. The molecule has 3 nitrogen and oxygen atoms in total. The van der Waals surface area contributed by atoms with Gasteiger partial charge in [-0.2, -0.15) is 5.10 Å². The Bertz CT molecular complexity index is 495. The number of para-hydroxylation sites is 1. The summed E-state index contributed by atoms with van der Waals surface area (Å²) in [5.74, 6) is 0. The molecule has 1 aromatic carbocycles. The second-order valence-electron chi connectivity index (χ2n) is 5.17. The van der Waals surface area contributed by atoms with E-state index in [1.54, 1.807) is 6.20 Å². The van der Waals surface area contributed by atoms with Crippen molar-refractivity contribution in [3.05, 3.63) is 47.8 Å². The Morgan fingerprint density at radius 3 is 2.35 bits per heavy atom. The number of hydrogen-bond donors (Lipinski definition) is 1. The summed E-state index contributed by atoms with van der Waals surface area (Å²) in [7, 11) is 0. The van der Waals surface area contributed by atoms with Crippen LogP contribution in [0.3, 0.4) is 0 Å². The lowest BCUT2D eigenvalue weighted by Crippen LogP contribution is -2.19. The van der Waals surface area contributed by atoms with Crippen molar-refractivity contribution >= 4 is 0 Å². The Labute approximate surface area is 102 Å². The van der Waals surface area contributed by atoms with E-state index in [0.29, 0.717) is 0 Å². The van der Waals surface area contributed by atoms with Crippen LogP contribution in [-0.4, -0.2) is 14.9 Å². The van der Waals surface area contributed by atoms with Crippen LogP contribution in [0, 0.1) is 0 Å². The first-order valence-electron chi connectivity index (χ1n) is 5.77. The zero-order valence-corrected chi connectivity index (χ0v) is 10.5. The summed E-state index contributed by atoms with van der Waals surface area (Å²) in [6.45, 7) is 6.41. The predicted octanol–water partition coefficient (Wildman–Crippen LogP) is 2.66. The summed E-state index contributed by atoms with van der Waals surface area (Å²) in [6.07, 6.45) is 1.74. The molecule has 1 heterocycles. The van der Waals surface area contributed by atoms with Gasteiger partial charge in [0.05, 0.1) is 24.2 Å². The van der Waals surface area contributed by atoms with Crippen LogP contribution in [0.1, 0.15) is 32.0 Å². The van der Waals surface area contributed by atoms with Gasteiger partial charge < -0.3 is 5.11 Å². The number of rotatable bonds is 2. The van der Waals surface area contributed by atoms with Crippen LogP contribution in [0.25, 0.3) is 5.69 Å². The van der Waals surface area contributed by atoms with E-state index in [2.05, 4.69) is 25.9 Å². The molecule has 1 N–H and O–H groups in total. The van der Waals surface area contributed by atoms with Crippen molar-refractivity contribution in [3.8, 4) is 5.69 Å². The molecule has 0 atom stereocenters. The van der Waals surface area contributed by atoms with Crippen molar-refractivity contribution in [2.24, 2.45) is 0 Å². The first-order valence-corrected chi connectivity index (χ1v) is 5.77. The van der Waals surface area contributed by atoms with Crippen LogP contribution in [-0.2, 0) is 12.0 Å². The summed E-state index contributed by atoms with van der Waals surface area (Å²) >= 11 is 0. The molecule has 0 aliphatic carbocycles. The topological polar surface area (TPSA) is 38.1 Å². The second-order valence-corrected chi connectivity index (χ2v) is 5.17. The lowest BCUT2D eigenvalue weighted by molar-refractivity contribution is 0.278. The number of benzene rings is 1. The van der Waals surface area contributed by atoms with E-state index in [0.717, 1.165) is 16.9 Å². The lowest BCUT2D eigenvalue weighted by Gasteiger charge is -2.22.